The SMILES string of the molecule is Cc1cc(C#N)cc(O)c1-c1cc2c(nn1)N([C@H]1CC[C@H](C(=O)O)NC1)CCC2. The van der Waals surface area contributed by atoms with Gasteiger partial charge >= 0.3 is 5.97 Å². The van der Waals surface area contributed by atoms with Crippen molar-refractivity contribution >= 4 is 11.8 Å². The van der Waals surface area contributed by atoms with Gasteiger partial charge in [-0.1, -0.05) is 0 Å². The molecule has 2 aliphatic rings. The van der Waals surface area contributed by atoms with E-state index in [9.17, 15) is 15.0 Å². The Hall–Kier alpha value is -3.18. The Bertz CT molecular complexity index is 969. The number of anilines is 1. The van der Waals surface area contributed by atoms with Crippen LogP contribution in [0.15, 0.2) is 18.2 Å². The molecule has 8 heteroatoms. The molecule has 1 aromatic heterocycles. The number of piperidine rings is 1. The lowest BCUT2D eigenvalue weighted by Gasteiger charge is -2.40. The average molecular weight is 393 g/mol. The third-order valence-electron chi connectivity index (χ3n) is 5.80. The maximum Gasteiger partial charge on any atom is 0.320 e. The Morgan fingerprint density at radius 2 is 2.14 bits per heavy atom. The fourth-order valence-corrected chi connectivity index (χ4v) is 4.36. The number of hydrogen-bond acceptors (Lipinski definition) is 7. The highest BCUT2D eigenvalue weighted by molar-refractivity contribution is 5.74. The fraction of sp³-hybridized carbons (Fsp3) is 0.429. The Balaban J connectivity index is 1.62. The van der Waals surface area contributed by atoms with Gasteiger partial charge in [-0.05, 0) is 61.9 Å². The van der Waals surface area contributed by atoms with Crippen LogP contribution in [0.1, 0.15) is 36.0 Å². The molecule has 0 saturated carbocycles. The van der Waals surface area contributed by atoms with Crippen LogP contribution in [0.25, 0.3) is 11.3 Å². The highest BCUT2D eigenvalue weighted by Gasteiger charge is 2.32. The molecule has 3 N–H and O–H groups in total. The standard InChI is InChI=1S/C21H23N5O3/c1-12-7-13(10-22)8-18(27)19(12)17-9-14-3-2-6-26(20(14)25-24-17)15-4-5-16(21(28)29)23-11-15/h7-9,15-16,23,27H,2-6,11H2,1H3,(H,28,29)/t15-,16+/m0/s1. The zero-order valence-electron chi connectivity index (χ0n) is 16.2. The van der Waals surface area contributed by atoms with Gasteiger partial charge in [0, 0.05) is 24.7 Å². The van der Waals surface area contributed by atoms with E-state index >= 15 is 0 Å². The van der Waals surface area contributed by atoms with Crippen LogP contribution >= 0.6 is 0 Å². The van der Waals surface area contributed by atoms with Crippen LogP contribution in [-0.4, -0.2) is 51.6 Å². The summed E-state index contributed by atoms with van der Waals surface area (Å²) in [6.07, 6.45) is 3.25. The molecule has 0 unspecified atom stereocenters. The van der Waals surface area contributed by atoms with Crippen LogP contribution in [0.2, 0.25) is 0 Å². The molecule has 150 valence electrons. The molecule has 2 aliphatic heterocycles. The lowest BCUT2D eigenvalue weighted by atomic mass is 9.95. The number of carbonyl (C=O) groups is 1. The van der Waals surface area contributed by atoms with E-state index in [2.05, 4.69) is 20.4 Å². The molecule has 1 saturated heterocycles. The van der Waals surface area contributed by atoms with E-state index in [0.29, 0.717) is 29.8 Å². The number of carboxylic acids is 1. The number of rotatable bonds is 3. The van der Waals surface area contributed by atoms with Crippen LogP contribution < -0.4 is 10.2 Å². The van der Waals surface area contributed by atoms with E-state index in [4.69, 9.17) is 5.26 Å². The summed E-state index contributed by atoms with van der Waals surface area (Å²) < 4.78 is 0. The highest BCUT2D eigenvalue weighted by atomic mass is 16.4. The van der Waals surface area contributed by atoms with E-state index < -0.39 is 12.0 Å². The lowest BCUT2D eigenvalue weighted by Crippen LogP contribution is -2.53. The van der Waals surface area contributed by atoms with E-state index in [0.717, 1.165) is 42.8 Å². The molecular formula is C21H23N5O3. The van der Waals surface area contributed by atoms with Crippen LogP contribution in [0.4, 0.5) is 5.82 Å². The van der Waals surface area contributed by atoms with Crippen molar-refractivity contribution in [2.75, 3.05) is 18.0 Å². The van der Waals surface area contributed by atoms with Gasteiger partial charge in [0.25, 0.3) is 0 Å². The first-order valence-corrected chi connectivity index (χ1v) is 9.81. The van der Waals surface area contributed by atoms with Crippen LogP contribution in [0.3, 0.4) is 0 Å². The number of hydrogen-bond donors (Lipinski definition) is 3. The van der Waals surface area contributed by atoms with E-state index in [1.807, 2.05) is 19.1 Å². The van der Waals surface area contributed by atoms with Gasteiger partial charge in [0.15, 0.2) is 5.82 Å². The molecule has 0 radical (unpaired) electrons. The number of phenols is 1. The van der Waals surface area contributed by atoms with Crippen molar-refractivity contribution in [1.82, 2.24) is 15.5 Å². The monoisotopic (exact) mass is 393 g/mol. The van der Waals surface area contributed by atoms with Gasteiger partial charge in [0.1, 0.15) is 11.8 Å². The number of aliphatic carboxylic acids is 1. The molecule has 1 fully saturated rings. The second-order valence-corrected chi connectivity index (χ2v) is 7.70. The molecule has 3 heterocycles. The number of aryl methyl sites for hydroxylation is 2. The van der Waals surface area contributed by atoms with Gasteiger partial charge in [0.05, 0.1) is 17.3 Å². The maximum absolute atomic E-state index is 11.2. The molecule has 4 rings (SSSR count). The van der Waals surface area contributed by atoms with Crippen molar-refractivity contribution in [1.29, 1.82) is 5.26 Å². The molecule has 29 heavy (non-hydrogen) atoms. The van der Waals surface area contributed by atoms with Crippen molar-refractivity contribution in [2.45, 2.75) is 44.7 Å². The first-order valence-electron chi connectivity index (χ1n) is 9.81. The van der Waals surface area contributed by atoms with E-state index in [-0.39, 0.29) is 11.8 Å². The Labute approximate surface area is 168 Å². The molecule has 1 aromatic carbocycles. The van der Waals surface area contributed by atoms with Gasteiger partial charge in [-0.2, -0.15) is 5.26 Å². The molecule has 0 bridgehead atoms. The summed E-state index contributed by atoms with van der Waals surface area (Å²) in [5.41, 5.74) is 3.45. The summed E-state index contributed by atoms with van der Waals surface area (Å²) in [6.45, 7) is 3.32. The number of fused-ring (bicyclic) bond motifs is 1. The molecule has 0 aliphatic carbocycles. The largest absolute Gasteiger partial charge is 0.507 e. The second-order valence-electron chi connectivity index (χ2n) is 7.70. The summed E-state index contributed by atoms with van der Waals surface area (Å²) in [6, 6.07) is 6.90. The average Bonchev–Trinajstić information content (AvgIpc) is 2.72. The molecule has 2 aromatic rings. The number of benzene rings is 1. The lowest BCUT2D eigenvalue weighted by molar-refractivity contribution is -0.140. The number of carboxylic acid groups (broad SMARTS) is 1. The van der Waals surface area contributed by atoms with Gasteiger partial charge in [-0.3, -0.25) is 4.79 Å². The summed E-state index contributed by atoms with van der Waals surface area (Å²) >= 11 is 0. The zero-order chi connectivity index (χ0) is 20.5. The smallest absolute Gasteiger partial charge is 0.320 e. The molecular weight excluding hydrogens is 370 g/mol. The minimum Gasteiger partial charge on any atom is -0.507 e. The minimum absolute atomic E-state index is 0.0275. The number of aromatic hydroxyl groups is 1. The van der Waals surface area contributed by atoms with E-state index in [1.54, 1.807) is 6.07 Å². The Morgan fingerprint density at radius 1 is 1.31 bits per heavy atom. The quantitative estimate of drug-likeness (QED) is 0.724. The van der Waals surface area contributed by atoms with Gasteiger partial charge in [-0.15, -0.1) is 10.2 Å². The van der Waals surface area contributed by atoms with Crippen molar-refractivity contribution in [3.63, 3.8) is 0 Å². The van der Waals surface area contributed by atoms with Crippen molar-refractivity contribution < 1.29 is 15.0 Å². The number of nitrogens with one attached hydrogen (secondary N) is 1. The third kappa shape index (κ3) is 3.61. The van der Waals surface area contributed by atoms with Crippen molar-refractivity contribution in [2.24, 2.45) is 0 Å². The van der Waals surface area contributed by atoms with Crippen molar-refractivity contribution in [3.8, 4) is 23.1 Å². The predicted molar refractivity (Wildman–Crippen MR) is 107 cm³/mol. The minimum atomic E-state index is -0.801. The zero-order valence-corrected chi connectivity index (χ0v) is 16.2. The van der Waals surface area contributed by atoms with Crippen molar-refractivity contribution in [3.05, 3.63) is 34.9 Å². The molecule has 8 nitrogen and oxygen atoms in total. The topological polar surface area (TPSA) is 122 Å². The fourth-order valence-electron chi connectivity index (χ4n) is 4.36. The highest BCUT2D eigenvalue weighted by Crippen LogP contribution is 2.35. The number of aromatic nitrogens is 2. The molecule has 0 spiro atoms. The number of nitriles is 1. The third-order valence-corrected chi connectivity index (χ3v) is 5.80. The van der Waals surface area contributed by atoms with E-state index in [1.165, 1.54) is 6.07 Å². The Morgan fingerprint density at radius 3 is 2.79 bits per heavy atom. The first-order chi connectivity index (χ1) is 14.0. The number of phenolic OH excluding ortho intramolecular Hbond substituents is 1. The second kappa shape index (κ2) is 7.68. The first kappa shape index (κ1) is 19.2. The maximum atomic E-state index is 11.2. The molecule has 2 atom stereocenters. The van der Waals surface area contributed by atoms with Crippen LogP contribution in [-0.2, 0) is 11.2 Å². The normalized spacial score (nSPS) is 21.3. The number of nitrogens with zero attached hydrogens (tertiary/aromatic N) is 4. The summed E-state index contributed by atoms with van der Waals surface area (Å²) in [5, 5.41) is 40.6. The van der Waals surface area contributed by atoms with Gasteiger partial charge < -0.3 is 20.4 Å². The predicted octanol–water partition coefficient (Wildman–Crippen LogP) is 1.99. The van der Waals surface area contributed by atoms with Gasteiger partial charge in [-0.25, -0.2) is 0 Å². The summed E-state index contributed by atoms with van der Waals surface area (Å²) in [5.74, 6) is 0.0653. The molecule has 0 amide bonds. The van der Waals surface area contributed by atoms with Crippen LogP contribution in [0.5, 0.6) is 5.75 Å². The Kier molecular flexibility index (Phi) is 5.07. The van der Waals surface area contributed by atoms with Crippen LogP contribution in [0, 0.1) is 18.3 Å². The van der Waals surface area contributed by atoms with Gasteiger partial charge in [0.2, 0.25) is 0 Å². The summed E-state index contributed by atoms with van der Waals surface area (Å²) in [7, 11) is 0. The summed E-state index contributed by atoms with van der Waals surface area (Å²) in [4.78, 5) is 13.4.